The number of nitrogen functional groups attached to an aromatic ring is 1. The van der Waals surface area contributed by atoms with Gasteiger partial charge in [-0.1, -0.05) is 6.07 Å². The minimum atomic E-state index is -4.17. The van der Waals surface area contributed by atoms with Crippen LogP contribution in [0, 0.1) is 6.92 Å². The lowest BCUT2D eigenvalue weighted by Crippen LogP contribution is -2.10. The third-order valence-electron chi connectivity index (χ3n) is 1.89. The number of hydrogen-bond acceptors (Lipinski definition) is 3. The average Bonchev–Trinajstić information content (AvgIpc) is 2.13. The van der Waals surface area contributed by atoms with Gasteiger partial charge in [-0.3, -0.25) is 0 Å². The monoisotopic (exact) mass is 250 g/mol. The SMILES string of the molecule is Cc1ccc(NCCSC(F)(F)F)c(N)c1. The second kappa shape index (κ2) is 5.34. The summed E-state index contributed by atoms with van der Waals surface area (Å²) in [5, 5.41) is 2.87. The molecule has 1 aromatic rings. The normalized spacial score (nSPS) is 11.5. The van der Waals surface area contributed by atoms with E-state index in [1.165, 1.54) is 0 Å². The van der Waals surface area contributed by atoms with Crippen molar-refractivity contribution in [2.24, 2.45) is 0 Å². The molecule has 0 aromatic heterocycles. The second-order valence-electron chi connectivity index (χ2n) is 3.31. The first-order valence-corrected chi connectivity index (χ1v) is 5.68. The number of halogens is 3. The van der Waals surface area contributed by atoms with Crippen molar-refractivity contribution in [3.63, 3.8) is 0 Å². The number of nitrogens with two attached hydrogens (primary N) is 1. The van der Waals surface area contributed by atoms with E-state index in [1.807, 2.05) is 13.0 Å². The lowest BCUT2D eigenvalue weighted by atomic mass is 10.2. The molecule has 90 valence electrons. The van der Waals surface area contributed by atoms with E-state index in [-0.39, 0.29) is 24.1 Å². The molecule has 0 radical (unpaired) electrons. The summed E-state index contributed by atoms with van der Waals surface area (Å²) in [4.78, 5) is 0. The lowest BCUT2D eigenvalue weighted by Gasteiger charge is -2.10. The number of hydrogen-bond donors (Lipinski definition) is 2. The van der Waals surface area contributed by atoms with Gasteiger partial charge in [-0.15, -0.1) is 0 Å². The van der Waals surface area contributed by atoms with Crippen LogP contribution in [0.5, 0.6) is 0 Å². The molecule has 1 rings (SSSR count). The number of rotatable bonds is 4. The summed E-state index contributed by atoms with van der Waals surface area (Å²) in [6.45, 7) is 2.14. The van der Waals surface area contributed by atoms with Crippen molar-refractivity contribution in [1.82, 2.24) is 0 Å². The molecule has 1 aromatic carbocycles. The molecule has 0 aliphatic carbocycles. The van der Waals surface area contributed by atoms with E-state index in [2.05, 4.69) is 5.32 Å². The Hall–Kier alpha value is -1.04. The highest BCUT2D eigenvalue weighted by Gasteiger charge is 2.27. The van der Waals surface area contributed by atoms with Crippen molar-refractivity contribution < 1.29 is 13.2 Å². The van der Waals surface area contributed by atoms with Crippen molar-refractivity contribution in [3.8, 4) is 0 Å². The van der Waals surface area contributed by atoms with Crippen LogP contribution in [-0.4, -0.2) is 17.8 Å². The summed E-state index contributed by atoms with van der Waals surface area (Å²) in [7, 11) is 0. The molecule has 0 aliphatic heterocycles. The maximum Gasteiger partial charge on any atom is 0.441 e. The van der Waals surface area contributed by atoms with Gasteiger partial charge in [0.05, 0.1) is 11.4 Å². The summed E-state index contributed by atoms with van der Waals surface area (Å²) in [6.07, 6.45) is 0. The molecule has 0 saturated heterocycles. The van der Waals surface area contributed by atoms with Crippen LogP contribution in [0.2, 0.25) is 0 Å². The molecule has 2 nitrogen and oxygen atoms in total. The first-order chi connectivity index (χ1) is 7.38. The standard InChI is InChI=1S/C10H13F3N2S/c1-7-2-3-9(8(14)6-7)15-4-5-16-10(11,12)13/h2-3,6,15H,4-5,14H2,1H3. The summed E-state index contributed by atoms with van der Waals surface area (Å²) >= 11 is -0.0415. The van der Waals surface area contributed by atoms with E-state index in [4.69, 9.17) is 5.73 Å². The highest BCUT2D eigenvalue weighted by molar-refractivity contribution is 8.00. The molecular formula is C10H13F3N2S. The molecule has 0 fully saturated rings. The molecule has 0 saturated carbocycles. The Labute approximate surface area is 96.4 Å². The quantitative estimate of drug-likeness (QED) is 0.636. The maximum atomic E-state index is 11.8. The molecular weight excluding hydrogens is 237 g/mol. The molecule has 0 heterocycles. The van der Waals surface area contributed by atoms with Gasteiger partial charge >= 0.3 is 5.51 Å². The van der Waals surface area contributed by atoms with Crippen LogP contribution in [-0.2, 0) is 0 Å². The predicted molar refractivity (Wildman–Crippen MR) is 62.6 cm³/mol. The van der Waals surface area contributed by atoms with Crippen molar-refractivity contribution in [3.05, 3.63) is 23.8 Å². The fourth-order valence-electron chi connectivity index (χ4n) is 1.20. The third kappa shape index (κ3) is 4.65. The van der Waals surface area contributed by atoms with Crippen LogP contribution < -0.4 is 11.1 Å². The molecule has 0 bridgehead atoms. The molecule has 0 amide bonds. The van der Waals surface area contributed by atoms with Crippen LogP contribution in [0.3, 0.4) is 0 Å². The summed E-state index contributed by atoms with van der Waals surface area (Å²) in [5.41, 5.74) is 3.78. The van der Waals surface area contributed by atoms with Crippen LogP contribution in [0.15, 0.2) is 18.2 Å². The summed E-state index contributed by atoms with van der Waals surface area (Å²) in [6, 6.07) is 5.40. The predicted octanol–water partition coefficient (Wildman–Crippen LogP) is 3.24. The number of aryl methyl sites for hydroxylation is 1. The zero-order valence-electron chi connectivity index (χ0n) is 8.77. The smallest absolute Gasteiger partial charge is 0.397 e. The molecule has 16 heavy (non-hydrogen) atoms. The van der Waals surface area contributed by atoms with Crippen LogP contribution in [0.1, 0.15) is 5.56 Å². The van der Waals surface area contributed by atoms with Gasteiger partial charge in [0.15, 0.2) is 0 Å². The Morgan fingerprint density at radius 3 is 2.62 bits per heavy atom. The molecule has 6 heteroatoms. The van der Waals surface area contributed by atoms with Gasteiger partial charge in [0.2, 0.25) is 0 Å². The van der Waals surface area contributed by atoms with E-state index in [0.29, 0.717) is 11.4 Å². The Balaban J connectivity index is 2.38. The Kier molecular flexibility index (Phi) is 4.35. The van der Waals surface area contributed by atoms with Gasteiger partial charge in [-0.25, -0.2) is 0 Å². The largest absolute Gasteiger partial charge is 0.441 e. The summed E-state index contributed by atoms with van der Waals surface area (Å²) < 4.78 is 35.5. The van der Waals surface area contributed by atoms with Crippen LogP contribution in [0.4, 0.5) is 24.5 Å². The molecule has 0 atom stereocenters. The van der Waals surface area contributed by atoms with Crippen LogP contribution >= 0.6 is 11.8 Å². The molecule has 0 spiro atoms. The van der Waals surface area contributed by atoms with Crippen molar-refractivity contribution in [2.75, 3.05) is 23.3 Å². The highest BCUT2D eigenvalue weighted by Crippen LogP contribution is 2.29. The zero-order valence-corrected chi connectivity index (χ0v) is 9.58. The van der Waals surface area contributed by atoms with E-state index in [9.17, 15) is 13.2 Å². The van der Waals surface area contributed by atoms with Crippen molar-refractivity contribution >= 4 is 23.1 Å². The zero-order chi connectivity index (χ0) is 12.2. The number of alkyl halides is 3. The van der Waals surface area contributed by atoms with Gasteiger partial charge in [0.25, 0.3) is 0 Å². The van der Waals surface area contributed by atoms with Gasteiger partial charge in [0.1, 0.15) is 0 Å². The number of nitrogens with one attached hydrogen (secondary N) is 1. The summed E-state index contributed by atoms with van der Waals surface area (Å²) in [5.74, 6) is -0.0309. The third-order valence-corrected chi connectivity index (χ3v) is 2.63. The number of thioether (sulfide) groups is 1. The fraction of sp³-hybridized carbons (Fsp3) is 0.400. The topological polar surface area (TPSA) is 38.0 Å². The van der Waals surface area contributed by atoms with E-state index in [0.717, 1.165) is 5.56 Å². The first-order valence-electron chi connectivity index (χ1n) is 4.69. The minimum Gasteiger partial charge on any atom is -0.397 e. The van der Waals surface area contributed by atoms with Crippen LogP contribution in [0.25, 0.3) is 0 Å². The van der Waals surface area contributed by atoms with E-state index < -0.39 is 5.51 Å². The Morgan fingerprint density at radius 2 is 2.06 bits per heavy atom. The maximum absolute atomic E-state index is 11.8. The molecule has 3 N–H and O–H groups in total. The molecule has 0 aliphatic rings. The minimum absolute atomic E-state index is 0.0309. The number of anilines is 2. The molecule has 0 unspecified atom stereocenters. The van der Waals surface area contributed by atoms with Gasteiger partial charge in [-0.05, 0) is 36.4 Å². The van der Waals surface area contributed by atoms with Gasteiger partial charge < -0.3 is 11.1 Å². The lowest BCUT2D eigenvalue weighted by molar-refractivity contribution is -0.0327. The average molecular weight is 250 g/mol. The number of benzene rings is 1. The Bertz CT molecular complexity index is 352. The second-order valence-corrected chi connectivity index (χ2v) is 4.47. The fourth-order valence-corrected chi connectivity index (χ4v) is 1.63. The van der Waals surface area contributed by atoms with Gasteiger partial charge in [-0.2, -0.15) is 13.2 Å². The Morgan fingerprint density at radius 1 is 1.38 bits per heavy atom. The first kappa shape index (κ1) is 13.0. The van der Waals surface area contributed by atoms with Crippen molar-refractivity contribution in [2.45, 2.75) is 12.4 Å². The van der Waals surface area contributed by atoms with E-state index in [1.54, 1.807) is 12.1 Å². The van der Waals surface area contributed by atoms with Crippen molar-refractivity contribution in [1.29, 1.82) is 0 Å². The van der Waals surface area contributed by atoms with E-state index >= 15 is 0 Å². The highest BCUT2D eigenvalue weighted by atomic mass is 32.2. The van der Waals surface area contributed by atoms with Gasteiger partial charge in [0, 0.05) is 12.3 Å².